The molecule has 0 saturated carbocycles. The summed E-state index contributed by atoms with van der Waals surface area (Å²) in [6.07, 6.45) is -0.852. The molecule has 22 heavy (non-hydrogen) atoms. The highest BCUT2D eigenvalue weighted by Gasteiger charge is 2.27. The molecule has 0 spiro atoms. The second-order valence-corrected chi connectivity index (χ2v) is 5.60. The van der Waals surface area contributed by atoms with Crippen LogP contribution in [-0.4, -0.2) is 47.3 Å². The average molecular weight is 351 g/mol. The van der Waals surface area contributed by atoms with Crippen molar-refractivity contribution < 1.29 is 17.9 Å². The lowest BCUT2D eigenvalue weighted by atomic mass is 10.2. The molecular formula is C12H10ClF3N4OS. The summed E-state index contributed by atoms with van der Waals surface area (Å²) in [6, 6.07) is 0. The number of hydrogen-bond acceptors (Lipinski definition) is 6. The zero-order valence-corrected chi connectivity index (χ0v) is 12.9. The molecule has 0 saturated heterocycles. The van der Waals surface area contributed by atoms with E-state index in [1.54, 1.807) is 6.26 Å². The number of ether oxygens (including phenoxy) is 1. The molecule has 0 aliphatic carbocycles. The Morgan fingerprint density at radius 3 is 2.82 bits per heavy atom. The molecule has 3 rings (SSSR count). The van der Waals surface area contributed by atoms with Crippen molar-refractivity contribution in [1.82, 2.24) is 15.0 Å². The molecule has 2 aromatic heterocycles. The number of anilines is 1. The van der Waals surface area contributed by atoms with Crippen LogP contribution in [0.1, 0.15) is 0 Å². The first kappa shape index (κ1) is 15.4. The van der Waals surface area contributed by atoms with Crippen LogP contribution in [0, 0.1) is 5.82 Å². The predicted octanol–water partition coefficient (Wildman–Crippen LogP) is 3.00. The van der Waals surface area contributed by atoms with Gasteiger partial charge in [-0.25, -0.2) is 23.1 Å². The Kier molecular flexibility index (Phi) is 4.18. The van der Waals surface area contributed by atoms with Crippen LogP contribution in [-0.2, 0) is 0 Å². The molecule has 118 valence electrons. The van der Waals surface area contributed by atoms with Crippen molar-refractivity contribution >= 4 is 40.1 Å². The summed E-state index contributed by atoms with van der Waals surface area (Å²) >= 11 is 6.93. The van der Waals surface area contributed by atoms with E-state index in [1.807, 2.05) is 0 Å². The van der Waals surface area contributed by atoms with Gasteiger partial charge in [-0.15, -0.1) is 0 Å². The summed E-state index contributed by atoms with van der Waals surface area (Å²) in [7, 11) is 0. The third-order valence-corrected chi connectivity index (χ3v) is 3.91. The average Bonchev–Trinajstić information content (AvgIpc) is 2.64. The lowest BCUT2D eigenvalue weighted by Crippen LogP contribution is -2.32. The van der Waals surface area contributed by atoms with Gasteiger partial charge in [-0.3, -0.25) is 0 Å². The number of aromatic nitrogens is 3. The zero-order valence-electron chi connectivity index (χ0n) is 11.3. The monoisotopic (exact) mass is 350 g/mol. The molecule has 5 nitrogen and oxygen atoms in total. The van der Waals surface area contributed by atoms with Crippen LogP contribution in [0.15, 0.2) is 5.16 Å². The van der Waals surface area contributed by atoms with Crippen molar-refractivity contribution in [2.24, 2.45) is 0 Å². The van der Waals surface area contributed by atoms with E-state index < -0.39 is 18.8 Å². The molecule has 1 aliphatic rings. The van der Waals surface area contributed by atoms with Gasteiger partial charge in [0.1, 0.15) is 23.3 Å². The first-order chi connectivity index (χ1) is 10.5. The normalized spacial score (nSPS) is 14.4. The molecule has 0 aromatic carbocycles. The van der Waals surface area contributed by atoms with Crippen LogP contribution < -0.4 is 9.64 Å². The molecule has 0 bridgehead atoms. The van der Waals surface area contributed by atoms with Crippen molar-refractivity contribution in [3.8, 4) is 5.88 Å². The lowest BCUT2D eigenvalue weighted by Gasteiger charge is -2.22. The van der Waals surface area contributed by atoms with E-state index >= 15 is 0 Å². The highest BCUT2D eigenvalue weighted by Crippen LogP contribution is 2.37. The number of alkyl halides is 2. The second-order valence-electron chi connectivity index (χ2n) is 4.46. The quantitative estimate of drug-likeness (QED) is 0.482. The Bertz CT molecular complexity index is 733. The van der Waals surface area contributed by atoms with Crippen molar-refractivity contribution in [3.63, 3.8) is 0 Å². The van der Waals surface area contributed by atoms with Gasteiger partial charge in [0.2, 0.25) is 5.88 Å². The summed E-state index contributed by atoms with van der Waals surface area (Å²) in [5.41, 5.74) is -0.0782. The van der Waals surface area contributed by atoms with Crippen molar-refractivity contribution in [2.45, 2.75) is 11.6 Å². The fourth-order valence-electron chi connectivity index (χ4n) is 2.20. The number of thioether (sulfide) groups is 1. The topological polar surface area (TPSA) is 51.1 Å². The molecule has 0 unspecified atom stereocenters. The molecule has 0 radical (unpaired) electrons. The lowest BCUT2D eigenvalue weighted by molar-refractivity contribution is 0.153. The molecule has 0 amide bonds. The Labute approximate surface area is 132 Å². The summed E-state index contributed by atoms with van der Waals surface area (Å²) in [5.74, 6) is -0.576. The minimum atomic E-state index is -2.56. The van der Waals surface area contributed by atoms with E-state index in [1.165, 1.54) is 16.7 Å². The smallest absolute Gasteiger partial charge is 0.255 e. The van der Waals surface area contributed by atoms with E-state index in [2.05, 4.69) is 15.0 Å². The van der Waals surface area contributed by atoms with Crippen LogP contribution >= 0.6 is 23.4 Å². The first-order valence-corrected chi connectivity index (χ1v) is 7.88. The molecule has 10 heteroatoms. The molecule has 0 atom stereocenters. The van der Waals surface area contributed by atoms with Gasteiger partial charge in [0.25, 0.3) is 6.43 Å². The predicted molar refractivity (Wildman–Crippen MR) is 77.8 cm³/mol. The number of nitrogens with zero attached hydrogens (tertiary/aromatic N) is 4. The number of halogens is 4. The minimum absolute atomic E-state index is 0.0563. The highest BCUT2D eigenvalue weighted by atomic mass is 35.5. The number of hydrogen-bond donors (Lipinski definition) is 0. The third kappa shape index (κ3) is 2.63. The molecule has 1 aliphatic heterocycles. The zero-order chi connectivity index (χ0) is 15.9. The minimum Gasteiger partial charge on any atom is -0.475 e. The van der Waals surface area contributed by atoms with Gasteiger partial charge >= 0.3 is 0 Å². The van der Waals surface area contributed by atoms with Crippen LogP contribution in [0.25, 0.3) is 10.9 Å². The van der Waals surface area contributed by atoms with E-state index in [4.69, 9.17) is 16.3 Å². The molecule has 3 heterocycles. The third-order valence-electron chi connectivity index (χ3n) is 3.11. The van der Waals surface area contributed by atoms with Crippen molar-refractivity contribution in [2.75, 3.05) is 30.9 Å². The van der Waals surface area contributed by atoms with Crippen LogP contribution in [0.5, 0.6) is 5.88 Å². The van der Waals surface area contributed by atoms with Gasteiger partial charge < -0.3 is 9.64 Å². The Morgan fingerprint density at radius 1 is 1.36 bits per heavy atom. The van der Waals surface area contributed by atoms with Gasteiger partial charge in [-0.2, -0.15) is 4.98 Å². The van der Waals surface area contributed by atoms with Gasteiger partial charge in [0.15, 0.2) is 16.1 Å². The van der Waals surface area contributed by atoms with Crippen molar-refractivity contribution in [1.29, 1.82) is 0 Å². The van der Waals surface area contributed by atoms with Crippen molar-refractivity contribution in [3.05, 3.63) is 11.0 Å². The fraction of sp³-hybridized carbons (Fsp3) is 0.417. The van der Waals surface area contributed by atoms with Gasteiger partial charge in [-0.05, 0) is 6.26 Å². The first-order valence-electron chi connectivity index (χ1n) is 6.28. The maximum absolute atomic E-state index is 14.2. The maximum Gasteiger partial charge on any atom is 0.255 e. The summed E-state index contributed by atoms with van der Waals surface area (Å²) in [4.78, 5) is 13.5. The largest absolute Gasteiger partial charge is 0.475 e. The van der Waals surface area contributed by atoms with Crippen LogP contribution in [0.2, 0.25) is 5.15 Å². The van der Waals surface area contributed by atoms with E-state index in [0.29, 0.717) is 0 Å². The Hall–Kier alpha value is -1.48. The molecular weight excluding hydrogens is 341 g/mol. The summed E-state index contributed by atoms with van der Waals surface area (Å²) in [6.45, 7) is -0.241. The number of rotatable bonds is 3. The Morgan fingerprint density at radius 2 is 2.14 bits per heavy atom. The van der Waals surface area contributed by atoms with E-state index in [-0.39, 0.29) is 46.1 Å². The summed E-state index contributed by atoms with van der Waals surface area (Å²) < 4.78 is 45.2. The van der Waals surface area contributed by atoms with Gasteiger partial charge in [0.05, 0.1) is 13.1 Å². The molecule has 0 N–H and O–H groups in total. The van der Waals surface area contributed by atoms with E-state index in [0.717, 1.165) is 0 Å². The second kappa shape index (κ2) is 5.96. The highest BCUT2D eigenvalue weighted by molar-refractivity contribution is 7.98. The van der Waals surface area contributed by atoms with E-state index in [9.17, 15) is 13.2 Å². The standard InChI is InChI=1S/C12H10ClF3N4OS/c1-22-12-17-8-6-10(19-12)20(4-5(14)15)2-3-21-11(6)18-9(13)7(8)16/h5H,2-4H2,1H3. The van der Waals surface area contributed by atoms with Crippen LogP contribution in [0.3, 0.4) is 0 Å². The van der Waals surface area contributed by atoms with Gasteiger partial charge in [0, 0.05) is 0 Å². The van der Waals surface area contributed by atoms with Crippen LogP contribution in [0.4, 0.5) is 19.0 Å². The fourth-order valence-corrected chi connectivity index (χ4v) is 2.73. The van der Waals surface area contributed by atoms with Gasteiger partial charge in [-0.1, -0.05) is 23.4 Å². The summed E-state index contributed by atoms with van der Waals surface area (Å²) in [5, 5.41) is 0.0511. The number of pyridine rings is 1. The molecule has 0 fully saturated rings. The Balaban J connectivity index is 2.31. The molecule has 2 aromatic rings. The SMILES string of the molecule is CSc1nc2c3c(nc(Cl)c(F)c3n1)OCCN2CC(F)F. The maximum atomic E-state index is 14.2.